The van der Waals surface area contributed by atoms with Crippen LogP contribution in [0.1, 0.15) is 0 Å². The Hall–Kier alpha value is -12.3. The number of rotatable bonds is 10. The Morgan fingerprint density at radius 3 is 1.51 bits per heavy atom. The monoisotopic (exact) mass is 1230 g/mol. The van der Waals surface area contributed by atoms with E-state index in [4.69, 9.17) is 19.9 Å². The number of hydrogen-bond acceptors (Lipinski definition) is 7. The lowest BCUT2D eigenvalue weighted by Crippen LogP contribution is -2.61. The summed E-state index contributed by atoms with van der Waals surface area (Å²) in [5.41, 5.74) is 24.8. The predicted octanol–water partition coefficient (Wildman–Crippen LogP) is 20.5. The molecule has 0 amide bonds. The molecular formula is C86H54BN7S. The minimum absolute atomic E-state index is 0.0448. The van der Waals surface area contributed by atoms with E-state index in [0.717, 1.165) is 112 Å². The Kier molecular flexibility index (Phi) is 12.7. The first-order chi connectivity index (χ1) is 47.1. The molecule has 0 spiro atoms. The summed E-state index contributed by atoms with van der Waals surface area (Å²) in [7, 11) is 0. The molecule has 0 aliphatic carbocycles. The molecule has 4 aromatic heterocycles. The molecule has 19 rings (SSSR count). The molecule has 2 aliphatic heterocycles. The topological polar surface area (TPSA) is 63.0 Å². The third-order valence-electron chi connectivity index (χ3n) is 19.0. The van der Waals surface area contributed by atoms with Gasteiger partial charge in [-0.15, -0.1) is 11.3 Å². The van der Waals surface area contributed by atoms with Gasteiger partial charge in [-0.05, 0) is 113 Å². The van der Waals surface area contributed by atoms with Gasteiger partial charge in [0.1, 0.15) is 0 Å². The summed E-state index contributed by atoms with van der Waals surface area (Å²) in [6.45, 7) is -0.0448. The molecule has 2 aliphatic rings. The van der Waals surface area contributed by atoms with E-state index in [0.29, 0.717) is 11.6 Å². The second-order valence-electron chi connectivity index (χ2n) is 24.4. The fourth-order valence-corrected chi connectivity index (χ4v) is 16.1. The lowest BCUT2D eigenvalue weighted by molar-refractivity contribution is 1.15. The summed E-state index contributed by atoms with van der Waals surface area (Å²) in [5, 5.41) is 4.95. The molecule has 0 saturated carbocycles. The van der Waals surface area contributed by atoms with Crippen molar-refractivity contribution in [2.75, 3.05) is 9.80 Å². The summed E-state index contributed by atoms with van der Waals surface area (Å²) in [6, 6.07) is 118. The van der Waals surface area contributed by atoms with Crippen LogP contribution in [-0.4, -0.2) is 31.2 Å². The minimum Gasteiger partial charge on any atom is -0.311 e. The van der Waals surface area contributed by atoms with Crippen LogP contribution in [0.25, 0.3) is 127 Å². The maximum absolute atomic E-state index is 5.83. The molecule has 0 saturated heterocycles. The van der Waals surface area contributed by atoms with Crippen molar-refractivity contribution in [1.82, 2.24) is 24.5 Å². The molecule has 0 fully saturated rings. The van der Waals surface area contributed by atoms with Crippen molar-refractivity contribution < 1.29 is 0 Å². The lowest BCUT2D eigenvalue weighted by atomic mass is 9.33. The highest BCUT2D eigenvalue weighted by molar-refractivity contribution is 7.26. The Morgan fingerprint density at radius 2 is 0.811 bits per heavy atom. The molecule has 6 heterocycles. The zero-order valence-electron chi connectivity index (χ0n) is 51.3. The molecule has 95 heavy (non-hydrogen) atoms. The molecule has 0 atom stereocenters. The van der Waals surface area contributed by atoms with Gasteiger partial charge in [-0.1, -0.05) is 237 Å². The molecule has 7 nitrogen and oxygen atoms in total. The third-order valence-corrected chi connectivity index (χ3v) is 20.2. The number of fused-ring (bicyclic) bond motifs is 11. The van der Waals surface area contributed by atoms with Crippen LogP contribution in [0, 0.1) is 0 Å². The maximum atomic E-state index is 5.83. The molecule has 0 N–H and O–H groups in total. The SMILES string of the molecule is c1ccc(-c2cc(-c3ccc(-n4c5ccccc5c5c6sc7ccccc7c6ccc54)c(-c4cc(-c5ccccc5)nc(-c5cccc(-c6ccc7c8c6N(c6ccccc6)c6ccccc6B8c6ccccc6N7c6ccccc6)c5)n4)c3)nc(-c3ccccc3)n2)cc1. The molecule has 0 unspecified atom stereocenters. The maximum Gasteiger partial charge on any atom is 0.252 e. The van der Waals surface area contributed by atoms with E-state index in [1.54, 1.807) is 0 Å². The van der Waals surface area contributed by atoms with Crippen LogP contribution in [0.3, 0.4) is 0 Å². The number of hydrogen-bond donors (Lipinski definition) is 0. The average Bonchev–Trinajstić information content (AvgIpc) is 1.09. The molecule has 0 radical (unpaired) electrons. The van der Waals surface area contributed by atoms with E-state index in [9.17, 15) is 0 Å². The van der Waals surface area contributed by atoms with Gasteiger partial charge in [0.05, 0.1) is 45.2 Å². The molecule has 0 bridgehead atoms. The number of anilines is 6. The van der Waals surface area contributed by atoms with Gasteiger partial charge in [0.2, 0.25) is 0 Å². The van der Waals surface area contributed by atoms with Crippen molar-refractivity contribution in [3.8, 4) is 84.6 Å². The average molecular weight is 1230 g/mol. The van der Waals surface area contributed by atoms with Crippen LogP contribution >= 0.6 is 11.3 Å². The fourth-order valence-electron chi connectivity index (χ4n) is 14.8. The zero-order valence-corrected chi connectivity index (χ0v) is 52.1. The second kappa shape index (κ2) is 22.2. The predicted molar refractivity (Wildman–Crippen MR) is 397 cm³/mol. The molecule has 13 aromatic carbocycles. The Morgan fingerprint density at radius 1 is 0.295 bits per heavy atom. The summed E-state index contributed by atoms with van der Waals surface area (Å²) < 4.78 is 4.99. The van der Waals surface area contributed by atoms with Crippen molar-refractivity contribution in [3.05, 3.63) is 328 Å². The zero-order chi connectivity index (χ0) is 62.5. The number of para-hydroxylation sites is 5. The van der Waals surface area contributed by atoms with Crippen LogP contribution in [0.2, 0.25) is 0 Å². The molecule has 442 valence electrons. The smallest absolute Gasteiger partial charge is 0.252 e. The minimum atomic E-state index is -0.0448. The summed E-state index contributed by atoms with van der Waals surface area (Å²) in [6.07, 6.45) is 0. The highest BCUT2D eigenvalue weighted by Crippen LogP contribution is 2.50. The van der Waals surface area contributed by atoms with Gasteiger partial charge >= 0.3 is 0 Å². The van der Waals surface area contributed by atoms with Crippen molar-refractivity contribution in [1.29, 1.82) is 0 Å². The van der Waals surface area contributed by atoms with Crippen LogP contribution in [0.4, 0.5) is 34.1 Å². The normalized spacial score (nSPS) is 12.4. The van der Waals surface area contributed by atoms with E-state index in [2.05, 4.69) is 318 Å². The van der Waals surface area contributed by atoms with E-state index >= 15 is 0 Å². The lowest BCUT2D eigenvalue weighted by Gasteiger charge is -2.45. The molecular weight excluding hydrogens is 1170 g/mol. The first-order valence-corrected chi connectivity index (χ1v) is 33.0. The summed E-state index contributed by atoms with van der Waals surface area (Å²) in [4.78, 5) is 27.0. The van der Waals surface area contributed by atoms with Gasteiger partial charge in [0, 0.05) is 98.3 Å². The van der Waals surface area contributed by atoms with Gasteiger partial charge in [-0.25, -0.2) is 19.9 Å². The first kappa shape index (κ1) is 54.4. The van der Waals surface area contributed by atoms with E-state index in [1.807, 2.05) is 35.6 Å². The highest BCUT2D eigenvalue weighted by atomic mass is 32.1. The van der Waals surface area contributed by atoms with Gasteiger partial charge in [0.15, 0.2) is 11.6 Å². The standard InChI is InChI=1S/C86H54BN7S/c1-6-25-55(26-7-1)70-53-72(90-85(88-70)57-29-10-3-11-30-57)59-45-48-75(94-74-41-20-16-38-66(74)81-78(94)49-47-65-64-37-17-23-44-80(64)95-84(65)81)67(52-59)73-54-71(56-27-8-2-9-28-56)89-86(91-73)60-32-24-31-58(51-60)63-46-50-79-82-83(63)93(62-35-14-5-15-36-62)77-43-22-19-40-69(77)87(82)68-39-18-21-42-76(68)92(79)61-33-12-4-13-34-61/h1-54H. The number of thiophene rings is 1. The Bertz CT molecular complexity index is 5810. The van der Waals surface area contributed by atoms with E-state index < -0.39 is 0 Å². The van der Waals surface area contributed by atoms with Crippen LogP contribution in [-0.2, 0) is 0 Å². The van der Waals surface area contributed by atoms with Crippen molar-refractivity contribution >= 4 is 111 Å². The van der Waals surface area contributed by atoms with Gasteiger partial charge in [-0.3, -0.25) is 0 Å². The highest BCUT2D eigenvalue weighted by Gasteiger charge is 2.44. The summed E-state index contributed by atoms with van der Waals surface area (Å²) >= 11 is 1.86. The fraction of sp³-hybridized carbons (Fsp3) is 0. The van der Waals surface area contributed by atoms with Gasteiger partial charge in [0.25, 0.3) is 6.71 Å². The molecule has 17 aromatic rings. The Balaban J connectivity index is 0.854. The number of benzene rings is 13. The second-order valence-corrected chi connectivity index (χ2v) is 25.5. The Labute approximate surface area is 553 Å². The van der Waals surface area contributed by atoms with Crippen molar-refractivity contribution in [2.45, 2.75) is 0 Å². The molecule has 9 heteroatoms. The van der Waals surface area contributed by atoms with E-state index in [1.165, 1.54) is 53.0 Å². The van der Waals surface area contributed by atoms with Crippen LogP contribution in [0.15, 0.2) is 328 Å². The summed E-state index contributed by atoms with van der Waals surface area (Å²) in [5.74, 6) is 1.25. The quantitative estimate of drug-likeness (QED) is 0.127. The van der Waals surface area contributed by atoms with Crippen molar-refractivity contribution in [3.63, 3.8) is 0 Å². The van der Waals surface area contributed by atoms with Crippen LogP contribution < -0.4 is 26.2 Å². The largest absolute Gasteiger partial charge is 0.311 e. The van der Waals surface area contributed by atoms with E-state index in [-0.39, 0.29) is 6.71 Å². The number of aromatic nitrogens is 5. The first-order valence-electron chi connectivity index (χ1n) is 32.2. The third kappa shape index (κ3) is 8.96. The van der Waals surface area contributed by atoms with Crippen molar-refractivity contribution in [2.24, 2.45) is 0 Å². The number of nitrogens with zero attached hydrogens (tertiary/aromatic N) is 7. The van der Waals surface area contributed by atoms with Crippen LogP contribution in [0.5, 0.6) is 0 Å². The van der Waals surface area contributed by atoms with Gasteiger partial charge in [-0.2, -0.15) is 0 Å². The van der Waals surface area contributed by atoms with Gasteiger partial charge < -0.3 is 14.4 Å².